The van der Waals surface area contributed by atoms with Gasteiger partial charge in [0.1, 0.15) is 0 Å². The minimum atomic E-state index is 0.110. The molecule has 0 aromatic carbocycles. The Morgan fingerprint density at radius 1 is 1.35 bits per heavy atom. The number of likely N-dealkylation sites (tertiary alicyclic amines) is 1. The molecule has 3 nitrogen and oxygen atoms in total. The second-order valence-corrected chi connectivity index (χ2v) is 5.85. The summed E-state index contributed by atoms with van der Waals surface area (Å²) in [6.07, 6.45) is 3.71. The summed E-state index contributed by atoms with van der Waals surface area (Å²) in [7, 11) is 2.20. The van der Waals surface area contributed by atoms with Crippen molar-refractivity contribution in [3.63, 3.8) is 0 Å². The van der Waals surface area contributed by atoms with Gasteiger partial charge in [-0.25, -0.2) is 0 Å². The van der Waals surface area contributed by atoms with Gasteiger partial charge in [-0.15, -0.1) is 0 Å². The number of carbonyl (C=O) groups excluding carboxylic acids is 1. The Morgan fingerprint density at radius 3 is 2.41 bits per heavy atom. The van der Waals surface area contributed by atoms with Crippen LogP contribution in [-0.4, -0.2) is 47.9 Å². The lowest BCUT2D eigenvalue weighted by molar-refractivity contribution is -0.136. The van der Waals surface area contributed by atoms with Crippen LogP contribution in [0.4, 0.5) is 0 Å². The monoisotopic (exact) mass is 240 g/mol. The summed E-state index contributed by atoms with van der Waals surface area (Å²) in [6.45, 7) is 10.3. The van der Waals surface area contributed by atoms with Gasteiger partial charge >= 0.3 is 0 Å². The van der Waals surface area contributed by atoms with Crippen molar-refractivity contribution < 1.29 is 4.79 Å². The summed E-state index contributed by atoms with van der Waals surface area (Å²) < 4.78 is 0. The van der Waals surface area contributed by atoms with Crippen molar-refractivity contribution >= 4 is 5.91 Å². The van der Waals surface area contributed by atoms with E-state index in [0.717, 1.165) is 13.0 Å². The second kappa shape index (κ2) is 6.39. The van der Waals surface area contributed by atoms with Gasteiger partial charge in [0.25, 0.3) is 0 Å². The number of hydrogen-bond acceptors (Lipinski definition) is 2. The van der Waals surface area contributed by atoms with Crippen LogP contribution in [0, 0.1) is 5.92 Å². The van der Waals surface area contributed by atoms with Crippen LogP contribution < -0.4 is 0 Å². The highest BCUT2D eigenvalue weighted by atomic mass is 16.2. The van der Waals surface area contributed by atoms with E-state index in [9.17, 15) is 4.79 Å². The molecule has 0 aromatic rings. The first-order valence-electron chi connectivity index (χ1n) is 6.94. The molecule has 0 N–H and O–H groups in total. The molecule has 17 heavy (non-hydrogen) atoms. The first-order valence-corrected chi connectivity index (χ1v) is 6.94. The van der Waals surface area contributed by atoms with Gasteiger partial charge in [0.2, 0.25) is 5.91 Å². The fourth-order valence-electron chi connectivity index (χ4n) is 2.59. The molecule has 1 rings (SSSR count). The van der Waals surface area contributed by atoms with Crippen molar-refractivity contribution in [3.05, 3.63) is 0 Å². The van der Waals surface area contributed by atoms with E-state index >= 15 is 0 Å². The largest absolute Gasteiger partial charge is 0.340 e. The molecule has 1 aliphatic rings. The number of amides is 1. The highest BCUT2D eigenvalue weighted by molar-refractivity contribution is 5.78. The Labute approximate surface area is 106 Å². The fourth-order valence-corrected chi connectivity index (χ4v) is 2.59. The predicted molar refractivity (Wildman–Crippen MR) is 72.0 cm³/mol. The van der Waals surface area contributed by atoms with Gasteiger partial charge in [-0.1, -0.05) is 13.8 Å². The molecule has 1 fully saturated rings. The smallest absolute Gasteiger partial charge is 0.225 e. The van der Waals surface area contributed by atoms with E-state index in [1.54, 1.807) is 0 Å². The Morgan fingerprint density at radius 2 is 2.00 bits per heavy atom. The summed E-state index contributed by atoms with van der Waals surface area (Å²) in [5.41, 5.74) is 0. The molecule has 3 heteroatoms. The number of rotatable bonds is 5. The van der Waals surface area contributed by atoms with Crippen LogP contribution in [0.5, 0.6) is 0 Å². The molecular weight excluding hydrogens is 212 g/mol. The van der Waals surface area contributed by atoms with Crippen molar-refractivity contribution in [1.82, 2.24) is 9.80 Å². The topological polar surface area (TPSA) is 23.6 Å². The molecule has 0 radical (unpaired) electrons. The van der Waals surface area contributed by atoms with Crippen molar-refractivity contribution in [3.8, 4) is 0 Å². The zero-order valence-corrected chi connectivity index (χ0v) is 12.1. The van der Waals surface area contributed by atoms with Gasteiger partial charge in [0, 0.05) is 24.5 Å². The van der Waals surface area contributed by atoms with Crippen LogP contribution in [0.3, 0.4) is 0 Å². The van der Waals surface area contributed by atoms with E-state index in [1.165, 1.54) is 19.4 Å². The maximum Gasteiger partial charge on any atom is 0.225 e. The SMILES string of the molecule is CC(C)C(=O)N(CCC1CCCN1C)C(C)C. The zero-order valence-electron chi connectivity index (χ0n) is 12.1. The van der Waals surface area contributed by atoms with Gasteiger partial charge in [-0.3, -0.25) is 4.79 Å². The molecule has 0 aliphatic carbocycles. The van der Waals surface area contributed by atoms with E-state index in [0.29, 0.717) is 18.0 Å². The summed E-state index contributed by atoms with van der Waals surface area (Å²) in [6, 6.07) is 0.993. The van der Waals surface area contributed by atoms with E-state index in [-0.39, 0.29) is 5.92 Å². The van der Waals surface area contributed by atoms with Gasteiger partial charge in [-0.05, 0) is 46.7 Å². The predicted octanol–water partition coefficient (Wildman–Crippen LogP) is 2.36. The highest BCUT2D eigenvalue weighted by Gasteiger charge is 2.24. The van der Waals surface area contributed by atoms with E-state index in [2.05, 4.69) is 25.8 Å². The van der Waals surface area contributed by atoms with Crippen LogP contribution in [0.25, 0.3) is 0 Å². The van der Waals surface area contributed by atoms with Crippen LogP contribution >= 0.6 is 0 Å². The van der Waals surface area contributed by atoms with Crippen molar-refractivity contribution in [2.75, 3.05) is 20.1 Å². The lowest BCUT2D eigenvalue weighted by Crippen LogP contribution is -2.42. The number of nitrogens with zero attached hydrogens (tertiary/aromatic N) is 2. The molecule has 0 bridgehead atoms. The fraction of sp³-hybridized carbons (Fsp3) is 0.929. The molecule has 1 saturated heterocycles. The molecule has 0 aromatic heterocycles. The van der Waals surface area contributed by atoms with E-state index in [4.69, 9.17) is 0 Å². The van der Waals surface area contributed by atoms with Gasteiger partial charge in [0.15, 0.2) is 0 Å². The number of hydrogen-bond donors (Lipinski definition) is 0. The van der Waals surface area contributed by atoms with Gasteiger partial charge in [-0.2, -0.15) is 0 Å². The van der Waals surface area contributed by atoms with E-state index in [1.807, 2.05) is 18.7 Å². The molecule has 0 saturated carbocycles. The van der Waals surface area contributed by atoms with Crippen LogP contribution in [0.1, 0.15) is 47.0 Å². The molecule has 1 heterocycles. The normalized spacial score (nSPS) is 21.5. The Hall–Kier alpha value is -0.570. The average molecular weight is 240 g/mol. The minimum Gasteiger partial charge on any atom is -0.340 e. The lowest BCUT2D eigenvalue weighted by Gasteiger charge is -2.30. The third kappa shape index (κ3) is 3.98. The summed E-state index contributed by atoms with van der Waals surface area (Å²) >= 11 is 0. The molecular formula is C14H28N2O. The first kappa shape index (κ1) is 14.5. The first-order chi connectivity index (χ1) is 7.93. The standard InChI is InChI=1S/C14H28N2O/c1-11(2)14(17)16(12(3)4)10-8-13-7-6-9-15(13)5/h11-13H,6-10H2,1-5H3. The van der Waals surface area contributed by atoms with Crippen LogP contribution in [-0.2, 0) is 4.79 Å². The summed E-state index contributed by atoms with van der Waals surface area (Å²) in [5, 5.41) is 0. The van der Waals surface area contributed by atoms with Crippen molar-refractivity contribution in [2.45, 2.75) is 59.0 Å². The second-order valence-electron chi connectivity index (χ2n) is 5.85. The quantitative estimate of drug-likeness (QED) is 0.736. The lowest BCUT2D eigenvalue weighted by atomic mass is 10.1. The molecule has 1 unspecified atom stereocenters. The van der Waals surface area contributed by atoms with Gasteiger partial charge in [0.05, 0.1) is 0 Å². The summed E-state index contributed by atoms with van der Waals surface area (Å²) in [4.78, 5) is 16.6. The van der Waals surface area contributed by atoms with Crippen molar-refractivity contribution in [2.24, 2.45) is 5.92 Å². The Balaban J connectivity index is 2.47. The maximum atomic E-state index is 12.1. The van der Waals surface area contributed by atoms with Crippen molar-refractivity contribution in [1.29, 1.82) is 0 Å². The zero-order chi connectivity index (χ0) is 13.0. The Kier molecular flexibility index (Phi) is 5.44. The minimum absolute atomic E-state index is 0.110. The Bertz CT molecular complexity index is 251. The van der Waals surface area contributed by atoms with Gasteiger partial charge < -0.3 is 9.80 Å². The molecule has 100 valence electrons. The molecule has 1 atom stereocenters. The van der Waals surface area contributed by atoms with Crippen LogP contribution in [0.15, 0.2) is 0 Å². The highest BCUT2D eigenvalue weighted by Crippen LogP contribution is 2.19. The molecule has 0 spiro atoms. The third-order valence-corrected chi connectivity index (χ3v) is 3.78. The third-order valence-electron chi connectivity index (χ3n) is 3.78. The van der Waals surface area contributed by atoms with E-state index < -0.39 is 0 Å². The summed E-state index contributed by atoms with van der Waals surface area (Å²) in [5.74, 6) is 0.402. The molecule has 1 amide bonds. The van der Waals surface area contributed by atoms with Crippen LogP contribution in [0.2, 0.25) is 0 Å². The average Bonchev–Trinajstić information content (AvgIpc) is 2.63. The maximum absolute atomic E-state index is 12.1. The molecule has 1 aliphatic heterocycles. The number of carbonyl (C=O) groups is 1.